The van der Waals surface area contributed by atoms with E-state index in [-0.39, 0.29) is 6.04 Å². The maximum Gasteiger partial charge on any atom is 0.137 e. The van der Waals surface area contributed by atoms with Gasteiger partial charge in [-0.3, -0.25) is 9.38 Å². The van der Waals surface area contributed by atoms with Crippen molar-refractivity contribution in [1.29, 1.82) is 0 Å². The van der Waals surface area contributed by atoms with Crippen LogP contribution in [0.5, 0.6) is 0 Å². The topological polar surface area (TPSA) is 56.2 Å². The Kier molecular flexibility index (Phi) is 3.91. The molecule has 2 N–H and O–H groups in total. The van der Waals surface area contributed by atoms with Crippen molar-refractivity contribution in [3.63, 3.8) is 0 Å². The summed E-state index contributed by atoms with van der Waals surface area (Å²) in [6.07, 6.45) is 7.19. The third-order valence-electron chi connectivity index (χ3n) is 4.51. The van der Waals surface area contributed by atoms with Gasteiger partial charge in [-0.25, -0.2) is 4.98 Å². The molecular weight excluding hydrogens is 352 g/mol. The number of pyridine rings is 2. The molecule has 3 aromatic rings. The van der Waals surface area contributed by atoms with Gasteiger partial charge >= 0.3 is 0 Å². The lowest BCUT2D eigenvalue weighted by Gasteiger charge is -2.21. The number of hydrogen-bond donors (Lipinski definition) is 1. The van der Waals surface area contributed by atoms with Crippen molar-refractivity contribution < 1.29 is 0 Å². The Balaban J connectivity index is 1.54. The summed E-state index contributed by atoms with van der Waals surface area (Å²) in [5.41, 5.74) is 11.8. The van der Waals surface area contributed by atoms with Crippen molar-refractivity contribution in [3.05, 3.63) is 63.8 Å². The first-order valence-corrected chi connectivity index (χ1v) is 8.87. The number of fused-ring (bicyclic) bond motifs is 2. The molecule has 23 heavy (non-hydrogen) atoms. The molecule has 1 atom stereocenters. The average Bonchev–Trinajstić information content (AvgIpc) is 2.98. The monoisotopic (exact) mass is 370 g/mol. The van der Waals surface area contributed by atoms with E-state index in [4.69, 9.17) is 10.7 Å². The standard InChI is InChI=1S/C18H19BrN4/c19-16-5-2-6-17-21-14(11-23(16)17)10-9-13-8-7-12-3-1-4-15(20)18(12)22-13/h2,5-8,11,15H,1,3-4,9-10,20H2. The van der Waals surface area contributed by atoms with E-state index in [0.717, 1.165) is 53.0 Å². The van der Waals surface area contributed by atoms with E-state index >= 15 is 0 Å². The first kappa shape index (κ1) is 14.8. The maximum absolute atomic E-state index is 6.21. The second-order valence-electron chi connectivity index (χ2n) is 6.15. The highest BCUT2D eigenvalue weighted by atomic mass is 79.9. The first-order chi connectivity index (χ1) is 11.2. The smallest absolute Gasteiger partial charge is 0.137 e. The molecule has 118 valence electrons. The third-order valence-corrected chi connectivity index (χ3v) is 5.16. The van der Waals surface area contributed by atoms with Gasteiger partial charge < -0.3 is 5.73 Å². The second kappa shape index (κ2) is 6.06. The van der Waals surface area contributed by atoms with Crippen LogP contribution in [0.25, 0.3) is 5.65 Å². The molecule has 0 bridgehead atoms. The number of aromatic nitrogens is 3. The van der Waals surface area contributed by atoms with Crippen molar-refractivity contribution in [2.75, 3.05) is 0 Å². The van der Waals surface area contributed by atoms with Crippen molar-refractivity contribution in [3.8, 4) is 0 Å². The van der Waals surface area contributed by atoms with Crippen molar-refractivity contribution in [1.82, 2.24) is 14.4 Å². The van der Waals surface area contributed by atoms with Gasteiger partial charge in [-0.15, -0.1) is 0 Å². The lowest BCUT2D eigenvalue weighted by Crippen LogP contribution is -2.19. The number of nitrogens with two attached hydrogens (primary N) is 1. The highest BCUT2D eigenvalue weighted by molar-refractivity contribution is 9.10. The zero-order chi connectivity index (χ0) is 15.8. The molecule has 4 rings (SSSR count). The van der Waals surface area contributed by atoms with Gasteiger partial charge in [0.25, 0.3) is 0 Å². The molecule has 3 aromatic heterocycles. The van der Waals surface area contributed by atoms with E-state index in [2.05, 4.69) is 43.6 Å². The Hall–Kier alpha value is -1.72. The molecular formula is C18H19BrN4. The van der Waals surface area contributed by atoms with Crippen molar-refractivity contribution in [2.24, 2.45) is 5.73 Å². The van der Waals surface area contributed by atoms with Crippen LogP contribution < -0.4 is 5.73 Å². The summed E-state index contributed by atoms with van der Waals surface area (Å²) >= 11 is 3.55. The number of halogens is 1. The molecule has 0 amide bonds. The SMILES string of the molecule is NC1CCCc2ccc(CCc3cn4c(Br)cccc4n3)nc21. The van der Waals surface area contributed by atoms with Gasteiger partial charge in [-0.05, 0) is 71.8 Å². The van der Waals surface area contributed by atoms with Crippen LogP contribution in [0.15, 0.2) is 41.1 Å². The average molecular weight is 371 g/mol. The van der Waals surface area contributed by atoms with E-state index in [1.807, 2.05) is 18.2 Å². The van der Waals surface area contributed by atoms with E-state index in [9.17, 15) is 0 Å². The zero-order valence-corrected chi connectivity index (χ0v) is 14.5. The van der Waals surface area contributed by atoms with Crippen molar-refractivity contribution >= 4 is 21.6 Å². The molecule has 0 saturated heterocycles. The van der Waals surface area contributed by atoms with E-state index in [0.29, 0.717) is 0 Å². The summed E-state index contributed by atoms with van der Waals surface area (Å²) in [5, 5.41) is 0. The van der Waals surface area contributed by atoms with Crippen LogP contribution in [0.2, 0.25) is 0 Å². The molecule has 0 aliphatic heterocycles. The molecule has 4 nitrogen and oxygen atoms in total. The van der Waals surface area contributed by atoms with Crippen LogP contribution >= 0.6 is 15.9 Å². The fourth-order valence-corrected chi connectivity index (χ4v) is 3.71. The first-order valence-electron chi connectivity index (χ1n) is 8.07. The molecule has 0 saturated carbocycles. The molecule has 5 heteroatoms. The van der Waals surface area contributed by atoms with Gasteiger partial charge in [0.1, 0.15) is 5.65 Å². The van der Waals surface area contributed by atoms with Gasteiger partial charge in [0.15, 0.2) is 0 Å². The predicted octanol–water partition coefficient (Wildman–Crippen LogP) is 3.61. The predicted molar refractivity (Wildman–Crippen MR) is 94.4 cm³/mol. The lowest BCUT2D eigenvalue weighted by molar-refractivity contribution is 0.551. The molecule has 1 aliphatic rings. The molecule has 1 aliphatic carbocycles. The Morgan fingerprint density at radius 2 is 2.00 bits per heavy atom. The van der Waals surface area contributed by atoms with E-state index in [1.54, 1.807) is 0 Å². The second-order valence-corrected chi connectivity index (χ2v) is 6.97. The Labute approximate surface area is 143 Å². The van der Waals surface area contributed by atoms with Gasteiger partial charge in [-0.1, -0.05) is 12.1 Å². The summed E-state index contributed by atoms with van der Waals surface area (Å²) in [7, 11) is 0. The largest absolute Gasteiger partial charge is 0.323 e. The van der Waals surface area contributed by atoms with Gasteiger partial charge in [-0.2, -0.15) is 0 Å². The summed E-state index contributed by atoms with van der Waals surface area (Å²) < 4.78 is 3.08. The Morgan fingerprint density at radius 1 is 1.13 bits per heavy atom. The fraction of sp³-hybridized carbons (Fsp3) is 0.333. The summed E-state index contributed by atoms with van der Waals surface area (Å²) in [5.74, 6) is 0. The van der Waals surface area contributed by atoms with Crippen LogP contribution in [-0.4, -0.2) is 14.4 Å². The van der Waals surface area contributed by atoms with Gasteiger partial charge in [0, 0.05) is 17.9 Å². The summed E-state index contributed by atoms with van der Waals surface area (Å²) in [4.78, 5) is 9.48. The minimum absolute atomic E-state index is 0.102. The maximum atomic E-state index is 6.21. The number of imidazole rings is 1. The number of aryl methyl sites for hydroxylation is 3. The van der Waals surface area contributed by atoms with E-state index < -0.39 is 0 Å². The normalized spacial score (nSPS) is 17.4. The van der Waals surface area contributed by atoms with Gasteiger partial charge in [0.05, 0.1) is 16.0 Å². The molecule has 0 fully saturated rings. The van der Waals surface area contributed by atoms with Crippen LogP contribution in [0.4, 0.5) is 0 Å². The third kappa shape index (κ3) is 2.91. The number of hydrogen-bond acceptors (Lipinski definition) is 3. The highest BCUT2D eigenvalue weighted by Crippen LogP contribution is 2.26. The summed E-state index contributed by atoms with van der Waals surface area (Å²) in [6.45, 7) is 0. The minimum atomic E-state index is 0.102. The van der Waals surface area contributed by atoms with Crippen LogP contribution in [-0.2, 0) is 19.3 Å². The zero-order valence-electron chi connectivity index (χ0n) is 12.9. The van der Waals surface area contributed by atoms with Crippen LogP contribution in [0, 0.1) is 0 Å². The van der Waals surface area contributed by atoms with Gasteiger partial charge in [0.2, 0.25) is 0 Å². The Bertz CT molecular complexity index is 855. The quantitative estimate of drug-likeness (QED) is 0.716. The van der Waals surface area contributed by atoms with Crippen LogP contribution in [0.1, 0.15) is 41.5 Å². The molecule has 1 unspecified atom stereocenters. The Morgan fingerprint density at radius 3 is 2.87 bits per heavy atom. The van der Waals surface area contributed by atoms with Crippen LogP contribution in [0.3, 0.4) is 0 Å². The lowest BCUT2D eigenvalue weighted by atomic mass is 9.92. The molecule has 0 aromatic carbocycles. The number of rotatable bonds is 3. The van der Waals surface area contributed by atoms with E-state index in [1.165, 1.54) is 12.0 Å². The highest BCUT2D eigenvalue weighted by Gasteiger charge is 2.18. The molecule has 0 spiro atoms. The summed E-state index contributed by atoms with van der Waals surface area (Å²) in [6, 6.07) is 10.5. The van der Waals surface area contributed by atoms with Crippen molar-refractivity contribution in [2.45, 2.75) is 38.1 Å². The molecule has 3 heterocycles. The minimum Gasteiger partial charge on any atom is -0.323 e. The molecule has 0 radical (unpaired) electrons. The fourth-order valence-electron chi connectivity index (χ4n) is 3.27. The number of nitrogens with zero attached hydrogens (tertiary/aromatic N) is 3.